The number of oxazole rings is 1. The first-order chi connectivity index (χ1) is 13.6. The molecule has 2 aromatic heterocycles. The van der Waals surface area contributed by atoms with Gasteiger partial charge in [-0.05, 0) is 45.2 Å². The van der Waals surface area contributed by atoms with Gasteiger partial charge < -0.3 is 15.1 Å². The highest BCUT2D eigenvalue weighted by Gasteiger charge is 2.07. The van der Waals surface area contributed by atoms with Gasteiger partial charge in [0, 0.05) is 30.2 Å². The zero-order valence-corrected chi connectivity index (χ0v) is 17.5. The number of hydrogen-bond donors (Lipinski definition) is 2. The summed E-state index contributed by atoms with van der Waals surface area (Å²) >= 11 is 1.74. The summed E-state index contributed by atoms with van der Waals surface area (Å²) in [5.41, 5.74) is 4.16. The highest BCUT2D eigenvalue weighted by molar-refractivity contribution is 7.09. The van der Waals surface area contributed by atoms with Crippen molar-refractivity contribution in [1.29, 1.82) is 0 Å². The molecule has 0 aliphatic carbocycles. The minimum Gasteiger partial charge on any atom is -0.444 e. The van der Waals surface area contributed by atoms with Crippen molar-refractivity contribution in [3.05, 3.63) is 57.9 Å². The third-order valence-electron chi connectivity index (χ3n) is 4.29. The molecule has 148 valence electrons. The second-order valence-corrected chi connectivity index (χ2v) is 7.64. The fraction of sp³-hybridized carbons (Fsp3) is 0.381. The van der Waals surface area contributed by atoms with E-state index in [1.54, 1.807) is 24.6 Å². The number of nitrogens with zero attached hydrogens (tertiary/aromatic N) is 3. The first-order valence-electron chi connectivity index (χ1n) is 9.51. The predicted molar refractivity (Wildman–Crippen MR) is 115 cm³/mol. The number of guanidine groups is 1. The van der Waals surface area contributed by atoms with Crippen LogP contribution in [0.2, 0.25) is 0 Å². The first-order valence-corrected chi connectivity index (χ1v) is 10.4. The Morgan fingerprint density at radius 3 is 2.64 bits per heavy atom. The predicted octanol–water partition coefficient (Wildman–Crippen LogP) is 4.10. The summed E-state index contributed by atoms with van der Waals surface area (Å²) in [4.78, 5) is 13.3. The van der Waals surface area contributed by atoms with Crippen LogP contribution < -0.4 is 10.6 Å². The molecule has 0 unspecified atom stereocenters. The minimum absolute atomic E-state index is 0.563. The minimum atomic E-state index is 0.563. The van der Waals surface area contributed by atoms with Gasteiger partial charge in [0.25, 0.3) is 0 Å². The van der Waals surface area contributed by atoms with Crippen LogP contribution in [0.1, 0.15) is 34.8 Å². The van der Waals surface area contributed by atoms with E-state index in [9.17, 15) is 0 Å². The Morgan fingerprint density at radius 2 is 1.93 bits per heavy atom. The van der Waals surface area contributed by atoms with Gasteiger partial charge in [0.05, 0.1) is 17.2 Å². The number of aromatic nitrogens is 2. The third kappa shape index (κ3) is 5.92. The molecule has 28 heavy (non-hydrogen) atoms. The molecule has 0 atom stereocenters. The largest absolute Gasteiger partial charge is 0.444 e. The fourth-order valence-electron chi connectivity index (χ4n) is 2.74. The molecule has 2 N–H and O–H groups in total. The van der Waals surface area contributed by atoms with E-state index < -0.39 is 0 Å². The molecule has 1 aromatic carbocycles. The van der Waals surface area contributed by atoms with Crippen LogP contribution in [0, 0.1) is 13.8 Å². The number of hydrogen-bond acceptors (Lipinski definition) is 5. The lowest BCUT2D eigenvalue weighted by atomic mass is 10.1. The quantitative estimate of drug-likeness (QED) is 0.340. The second-order valence-electron chi connectivity index (χ2n) is 6.70. The van der Waals surface area contributed by atoms with E-state index in [4.69, 9.17) is 4.42 Å². The Labute approximate surface area is 170 Å². The lowest BCUT2D eigenvalue weighted by molar-refractivity contribution is 0.572. The highest BCUT2D eigenvalue weighted by atomic mass is 32.1. The maximum absolute atomic E-state index is 5.60. The number of rotatable bonds is 8. The molecule has 0 fully saturated rings. The van der Waals surface area contributed by atoms with Gasteiger partial charge >= 0.3 is 0 Å². The molecule has 0 saturated carbocycles. The molecule has 7 heteroatoms. The molecular weight excluding hydrogens is 370 g/mol. The van der Waals surface area contributed by atoms with Crippen molar-refractivity contribution >= 4 is 17.3 Å². The van der Waals surface area contributed by atoms with Crippen molar-refractivity contribution in [2.45, 2.75) is 39.7 Å². The van der Waals surface area contributed by atoms with Crippen molar-refractivity contribution in [3.8, 4) is 11.5 Å². The lowest BCUT2D eigenvalue weighted by Crippen LogP contribution is -2.37. The molecule has 0 aliphatic rings. The SMILES string of the molecule is CN=C(NCCCCc1nc(C)cs1)NCc1coc(-c2ccc(C)cc2)n1. The van der Waals surface area contributed by atoms with Gasteiger partial charge in [0.1, 0.15) is 6.26 Å². The normalized spacial score (nSPS) is 11.6. The molecule has 0 spiro atoms. The summed E-state index contributed by atoms with van der Waals surface area (Å²) in [6.07, 6.45) is 4.90. The van der Waals surface area contributed by atoms with E-state index in [-0.39, 0.29) is 0 Å². The molecule has 2 heterocycles. The van der Waals surface area contributed by atoms with Gasteiger partial charge in [-0.15, -0.1) is 11.3 Å². The Morgan fingerprint density at radius 1 is 1.11 bits per heavy atom. The number of thiazole rings is 1. The number of aliphatic imine (C=N–C) groups is 1. The Kier molecular flexibility index (Phi) is 7.19. The van der Waals surface area contributed by atoms with Gasteiger partial charge in [-0.3, -0.25) is 4.99 Å². The molecular formula is C21H27N5OS. The van der Waals surface area contributed by atoms with Crippen LogP contribution in [-0.2, 0) is 13.0 Å². The summed E-state index contributed by atoms with van der Waals surface area (Å²) in [6, 6.07) is 8.15. The van der Waals surface area contributed by atoms with Gasteiger partial charge in [0.2, 0.25) is 5.89 Å². The molecule has 0 radical (unpaired) electrons. The van der Waals surface area contributed by atoms with Gasteiger partial charge in [-0.1, -0.05) is 17.7 Å². The molecule has 0 amide bonds. The average Bonchev–Trinajstić information content (AvgIpc) is 3.33. The summed E-state index contributed by atoms with van der Waals surface area (Å²) < 4.78 is 5.60. The van der Waals surface area contributed by atoms with E-state index in [0.717, 1.165) is 48.7 Å². The van der Waals surface area contributed by atoms with Crippen LogP contribution in [0.25, 0.3) is 11.5 Å². The van der Waals surface area contributed by atoms with Crippen LogP contribution in [0.4, 0.5) is 0 Å². The standard InChI is InChI=1S/C21H27N5OS/c1-15-7-9-17(10-8-15)20-26-18(13-27-20)12-24-21(22-3)23-11-5-4-6-19-25-16(2)14-28-19/h7-10,13-14H,4-6,11-12H2,1-3H3,(H2,22,23,24). The van der Waals surface area contributed by atoms with Crippen molar-refractivity contribution in [1.82, 2.24) is 20.6 Å². The molecule has 0 saturated heterocycles. The van der Waals surface area contributed by atoms with Crippen LogP contribution >= 0.6 is 11.3 Å². The van der Waals surface area contributed by atoms with Gasteiger partial charge in [-0.2, -0.15) is 0 Å². The monoisotopic (exact) mass is 397 g/mol. The summed E-state index contributed by atoms with van der Waals surface area (Å²) in [5.74, 6) is 1.40. The third-order valence-corrected chi connectivity index (χ3v) is 5.31. The second kappa shape index (κ2) is 10.0. The van der Waals surface area contributed by atoms with E-state index in [1.165, 1.54) is 10.6 Å². The molecule has 3 aromatic rings. The summed E-state index contributed by atoms with van der Waals surface area (Å²) in [7, 11) is 1.77. The Bertz CT molecular complexity index is 898. The van der Waals surface area contributed by atoms with Gasteiger partial charge in [-0.25, -0.2) is 9.97 Å². The maximum atomic E-state index is 5.60. The van der Waals surface area contributed by atoms with Gasteiger partial charge in [0.15, 0.2) is 5.96 Å². The zero-order valence-electron chi connectivity index (χ0n) is 16.7. The zero-order chi connectivity index (χ0) is 19.8. The maximum Gasteiger partial charge on any atom is 0.226 e. The van der Waals surface area contributed by atoms with Crippen molar-refractivity contribution in [2.75, 3.05) is 13.6 Å². The highest BCUT2D eigenvalue weighted by Crippen LogP contribution is 2.19. The topological polar surface area (TPSA) is 75.3 Å². The summed E-state index contributed by atoms with van der Waals surface area (Å²) in [5, 5.41) is 9.94. The average molecular weight is 398 g/mol. The van der Waals surface area contributed by atoms with E-state index in [2.05, 4.69) is 50.0 Å². The number of unbranched alkanes of at least 4 members (excludes halogenated alkanes) is 1. The van der Waals surface area contributed by atoms with E-state index >= 15 is 0 Å². The smallest absolute Gasteiger partial charge is 0.226 e. The number of aryl methyl sites for hydroxylation is 3. The Balaban J connectivity index is 1.38. The van der Waals surface area contributed by atoms with E-state index in [0.29, 0.717) is 12.4 Å². The molecule has 6 nitrogen and oxygen atoms in total. The fourth-order valence-corrected chi connectivity index (χ4v) is 3.56. The molecule has 0 bridgehead atoms. The summed E-state index contributed by atoms with van der Waals surface area (Å²) in [6.45, 7) is 5.54. The molecule has 0 aliphatic heterocycles. The van der Waals surface area contributed by atoms with Crippen molar-refractivity contribution < 1.29 is 4.42 Å². The van der Waals surface area contributed by atoms with Crippen molar-refractivity contribution in [2.24, 2.45) is 4.99 Å². The molecule has 3 rings (SSSR count). The lowest BCUT2D eigenvalue weighted by Gasteiger charge is -2.10. The van der Waals surface area contributed by atoms with Crippen LogP contribution in [0.5, 0.6) is 0 Å². The first kappa shape index (κ1) is 20.1. The van der Waals surface area contributed by atoms with Crippen molar-refractivity contribution in [3.63, 3.8) is 0 Å². The van der Waals surface area contributed by atoms with Crippen LogP contribution in [0.3, 0.4) is 0 Å². The Hall–Kier alpha value is -2.67. The van der Waals surface area contributed by atoms with Crippen LogP contribution in [0.15, 0.2) is 45.3 Å². The van der Waals surface area contributed by atoms with E-state index in [1.807, 2.05) is 19.1 Å². The number of benzene rings is 1. The van der Waals surface area contributed by atoms with Crippen LogP contribution in [-0.4, -0.2) is 29.5 Å². The number of nitrogens with one attached hydrogen (secondary N) is 2.